The van der Waals surface area contributed by atoms with Gasteiger partial charge in [-0.15, -0.1) is 0 Å². The summed E-state index contributed by atoms with van der Waals surface area (Å²) in [4.78, 5) is 37.9. The Balaban J connectivity index is 1.94. The summed E-state index contributed by atoms with van der Waals surface area (Å²) < 4.78 is 0. The van der Waals surface area contributed by atoms with E-state index in [2.05, 4.69) is 10.2 Å². The third-order valence-corrected chi connectivity index (χ3v) is 5.27. The normalized spacial score (nSPS) is 27.0. The van der Waals surface area contributed by atoms with Crippen molar-refractivity contribution in [2.45, 2.75) is 33.1 Å². The number of hydrogen-bond acceptors (Lipinski definition) is 4. The van der Waals surface area contributed by atoms with Crippen molar-refractivity contribution >= 4 is 11.9 Å². The Bertz CT molecular complexity index is 711. The number of fused-ring (bicyclic) bond motifs is 1. The van der Waals surface area contributed by atoms with Gasteiger partial charge in [-0.1, -0.05) is 6.42 Å². The van der Waals surface area contributed by atoms with Gasteiger partial charge in [0.25, 0.3) is 11.5 Å². The number of likely N-dealkylation sites (tertiary alicyclic amines) is 1. The summed E-state index contributed by atoms with van der Waals surface area (Å²) >= 11 is 0. The smallest absolute Gasteiger partial charge is 0.311 e. The highest BCUT2D eigenvalue weighted by Gasteiger charge is 2.56. The number of nitrogens with zero attached hydrogens (tertiary/aromatic N) is 2. The van der Waals surface area contributed by atoms with E-state index in [0.29, 0.717) is 24.2 Å². The molecule has 118 valence electrons. The summed E-state index contributed by atoms with van der Waals surface area (Å²) in [6, 6.07) is 0. The molecule has 7 heteroatoms. The van der Waals surface area contributed by atoms with E-state index < -0.39 is 16.9 Å². The number of aliphatic carboxylic acids is 1. The fourth-order valence-corrected chi connectivity index (χ4v) is 3.83. The highest BCUT2D eigenvalue weighted by Crippen LogP contribution is 2.49. The van der Waals surface area contributed by atoms with Crippen molar-refractivity contribution < 1.29 is 14.7 Å². The number of carboxylic acids is 1. The van der Waals surface area contributed by atoms with Gasteiger partial charge >= 0.3 is 5.97 Å². The van der Waals surface area contributed by atoms with Gasteiger partial charge in [0.15, 0.2) is 0 Å². The Morgan fingerprint density at radius 3 is 2.77 bits per heavy atom. The van der Waals surface area contributed by atoms with Gasteiger partial charge in [0.2, 0.25) is 0 Å². The molecule has 1 aliphatic heterocycles. The molecule has 2 fully saturated rings. The second-order valence-electron chi connectivity index (χ2n) is 6.37. The minimum atomic E-state index is -0.835. The van der Waals surface area contributed by atoms with E-state index in [1.807, 2.05) is 0 Å². The molecule has 2 atom stereocenters. The topological polar surface area (TPSA) is 103 Å². The van der Waals surface area contributed by atoms with Crippen molar-refractivity contribution in [3.63, 3.8) is 0 Å². The molecule has 22 heavy (non-hydrogen) atoms. The molecule has 1 aromatic rings. The van der Waals surface area contributed by atoms with Crippen LogP contribution in [0.1, 0.15) is 40.9 Å². The number of H-pyrrole nitrogens is 1. The van der Waals surface area contributed by atoms with E-state index in [1.165, 1.54) is 4.90 Å². The molecule has 0 bridgehead atoms. The van der Waals surface area contributed by atoms with E-state index in [4.69, 9.17) is 0 Å². The summed E-state index contributed by atoms with van der Waals surface area (Å²) in [5.74, 6) is -1.24. The standard InChI is InChI=1S/C15H19N3O4/c1-8-9(2)16-17-12(19)11(8)13(20)18-6-10-4-3-5-15(10,7-18)14(21)22/h10H,3-7H2,1-2H3,(H,17,19)(H,21,22)/t10-,15+/m0/s1. The van der Waals surface area contributed by atoms with Crippen molar-refractivity contribution in [1.29, 1.82) is 0 Å². The third-order valence-electron chi connectivity index (χ3n) is 5.27. The average Bonchev–Trinajstić information content (AvgIpc) is 3.01. The molecular formula is C15H19N3O4. The Hall–Kier alpha value is -2.18. The second kappa shape index (κ2) is 4.93. The lowest BCUT2D eigenvalue weighted by Crippen LogP contribution is -2.39. The highest BCUT2D eigenvalue weighted by molar-refractivity contribution is 5.96. The van der Waals surface area contributed by atoms with Crippen LogP contribution in [0.5, 0.6) is 0 Å². The molecule has 0 spiro atoms. The number of amides is 1. The van der Waals surface area contributed by atoms with E-state index in [-0.39, 0.29) is 23.9 Å². The lowest BCUT2D eigenvalue weighted by molar-refractivity contribution is -0.149. The molecule has 3 rings (SSSR count). The van der Waals surface area contributed by atoms with Gasteiger partial charge in [-0.2, -0.15) is 5.10 Å². The van der Waals surface area contributed by atoms with Crippen LogP contribution in [-0.4, -0.2) is 45.2 Å². The highest BCUT2D eigenvalue weighted by atomic mass is 16.4. The summed E-state index contributed by atoms with van der Waals surface area (Å²) in [6.45, 7) is 4.01. The summed E-state index contributed by atoms with van der Waals surface area (Å²) in [7, 11) is 0. The molecule has 0 radical (unpaired) electrons. The largest absolute Gasteiger partial charge is 0.481 e. The first-order chi connectivity index (χ1) is 10.4. The first kappa shape index (κ1) is 14.7. The molecular weight excluding hydrogens is 286 g/mol. The maximum atomic E-state index is 12.7. The van der Waals surface area contributed by atoms with Gasteiger partial charge in [-0.25, -0.2) is 5.10 Å². The Morgan fingerprint density at radius 2 is 2.14 bits per heavy atom. The van der Waals surface area contributed by atoms with E-state index in [1.54, 1.807) is 13.8 Å². The molecule has 1 aliphatic carbocycles. The zero-order valence-corrected chi connectivity index (χ0v) is 12.7. The quantitative estimate of drug-likeness (QED) is 0.837. The van der Waals surface area contributed by atoms with E-state index in [0.717, 1.165) is 12.8 Å². The Morgan fingerprint density at radius 1 is 1.41 bits per heavy atom. The van der Waals surface area contributed by atoms with Gasteiger partial charge in [-0.3, -0.25) is 14.4 Å². The number of aryl methyl sites for hydroxylation is 1. The maximum Gasteiger partial charge on any atom is 0.311 e. The zero-order valence-electron chi connectivity index (χ0n) is 12.7. The maximum absolute atomic E-state index is 12.7. The number of aromatic amines is 1. The van der Waals surface area contributed by atoms with Crippen molar-refractivity contribution in [1.82, 2.24) is 15.1 Å². The first-order valence-corrected chi connectivity index (χ1v) is 7.45. The molecule has 1 saturated heterocycles. The lowest BCUT2D eigenvalue weighted by Gasteiger charge is -2.23. The molecule has 0 aromatic carbocycles. The number of carbonyl (C=O) groups is 2. The molecule has 1 aromatic heterocycles. The summed E-state index contributed by atoms with van der Waals surface area (Å²) in [5, 5.41) is 15.8. The first-order valence-electron chi connectivity index (χ1n) is 7.45. The summed E-state index contributed by atoms with van der Waals surface area (Å²) in [5.41, 5.74) is -0.133. The van der Waals surface area contributed by atoms with Crippen LogP contribution in [0.3, 0.4) is 0 Å². The predicted molar refractivity (Wildman–Crippen MR) is 77.6 cm³/mol. The number of aromatic nitrogens is 2. The minimum Gasteiger partial charge on any atom is -0.481 e. The second-order valence-corrected chi connectivity index (χ2v) is 6.37. The number of carboxylic acid groups (broad SMARTS) is 1. The van der Waals surface area contributed by atoms with Crippen LogP contribution in [0.25, 0.3) is 0 Å². The minimum absolute atomic E-state index is 0.0173. The van der Waals surface area contributed by atoms with Gasteiger partial charge in [0.05, 0.1) is 11.1 Å². The van der Waals surface area contributed by atoms with E-state index in [9.17, 15) is 19.5 Å². The fraction of sp³-hybridized carbons (Fsp3) is 0.600. The van der Waals surface area contributed by atoms with Crippen LogP contribution in [0, 0.1) is 25.2 Å². The zero-order chi connectivity index (χ0) is 16.1. The fourth-order valence-electron chi connectivity index (χ4n) is 3.83. The van der Waals surface area contributed by atoms with Gasteiger partial charge in [0, 0.05) is 13.1 Å². The van der Waals surface area contributed by atoms with Crippen molar-refractivity contribution in [2.75, 3.05) is 13.1 Å². The molecule has 2 aliphatic rings. The van der Waals surface area contributed by atoms with Crippen LogP contribution < -0.4 is 5.56 Å². The van der Waals surface area contributed by atoms with Gasteiger partial charge < -0.3 is 10.0 Å². The Kier molecular flexibility index (Phi) is 3.30. The third kappa shape index (κ3) is 1.95. The van der Waals surface area contributed by atoms with E-state index >= 15 is 0 Å². The van der Waals surface area contributed by atoms with Crippen LogP contribution in [0.4, 0.5) is 0 Å². The van der Waals surface area contributed by atoms with Crippen LogP contribution in [-0.2, 0) is 4.79 Å². The monoisotopic (exact) mass is 305 g/mol. The Labute approximate surface area is 127 Å². The molecule has 7 nitrogen and oxygen atoms in total. The SMILES string of the molecule is Cc1n[nH]c(=O)c(C(=O)N2C[C@@H]3CCC[C@@]3(C(=O)O)C2)c1C. The molecule has 1 amide bonds. The molecule has 1 saturated carbocycles. The summed E-state index contributed by atoms with van der Waals surface area (Å²) in [6.07, 6.45) is 2.30. The number of hydrogen-bond donors (Lipinski definition) is 2. The van der Waals surface area contributed by atoms with Crippen LogP contribution in [0.2, 0.25) is 0 Å². The van der Waals surface area contributed by atoms with Crippen LogP contribution in [0.15, 0.2) is 4.79 Å². The van der Waals surface area contributed by atoms with Crippen molar-refractivity contribution in [3.8, 4) is 0 Å². The molecule has 2 N–H and O–H groups in total. The number of carbonyl (C=O) groups excluding carboxylic acids is 1. The number of nitrogens with one attached hydrogen (secondary N) is 1. The average molecular weight is 305 g/mol. The van der Waals surface area contributed by atoms with Crippen molar-refractivity contribution in [3.05, 3.63) is 27.2 Å². The van der Waals surface area contributed by atoms with Gasteiger partial charge in [-0.05, 0) is 38.2 Å². The molecule has 0 unspecified atom stereocenters. The lowest BCUT2D eigenvalue weighted by atomic mass is 9.81. The van der Waals surface area contributed by atoms with Crippen molar-refractivity contribution in [2.24, 2.45) is 11.3 Å². The molecule has 2 heterocycles. The van der Waals surface area contributed by atoms with Crippen LogP contribution >= 0.6 is 0 Å². The number of rotatable bonds is 2. The van der Waals surface area contributed by atoms with Gasteiger partial charge in [0.1, 0.15) is 5.56 Å². The predicted octanol–water partition coefficient (Wildman–Crippen LogP) is 0.714.